The number of aromatic nitrogens is 2. The molecule has 0 saturated carbocycles. The summed E-state index contributed by atoms with van der Waals surface area (Å²) in [5, 5.41) is 11.1. The van der Waals surface area contributed by atoms with Crippen LogP contribution in [0.15, 0.2) is 54.7 Å². The molecule has 1 N–H and O–H groups in total. The van der Waals surface area contributed by atoms with Crippen LogP contribution in [0.3, 0.4) is 0 Å². The van der Waals surface area contributed by atoms with Crippen molar-refractivity contribution in [1.82, 2.24) is 15.5 Å². The monoisotopic (exact) mass is 337 g/mol. The van der Waals surface area contributed by atoms with Crippen molar-refractivity contribution in [3.05, 3.63) is 83.1 Å². The van der Waals surface area contributed by atoms with Gasteiger partial charge in [-0.15, -0.1) is 0 Å². The highest BCUT2D eigenvalue weighted by molar-refractivity contribution is 5.62. The van der Waals surface area contributed by atoms with Gasteiger partial charge in [-0.3, -0.25) is 0 Å². The second-order valence-corrected chi connectivity index (χ2v) is 6.18. The van der Waals surface area contributed by atoms with Crippen molar-refractivity contribution in [1.29, 1.82) is 0 Å². The van der Waals surface area contributed by atoms with E-state index in [1.54, 1.807) is 30.5 Å². The zero-order valence-electron chi connectivity index (χ0n) is 13.5. The average molecular weight is 337 g/mol. The molecule has 0 aliphatic carbocycles. The highest BCUT2D eigenvalue weighted by Gasteiger charge is 2.24. The molecule has 3 aromatic rings. The molecule has 0 radical (unpaired) electrons. The normalized spacial score (nSPS) is 17.0. The van der Waals surface area contributed by atoms with Crippen LogP contribution in [-0.4, -0.2) is 16.7 Å². The smallest absolute Gasteiger partial charge is 0.137 e. The maximum Gasteiger partial charge on any atom is 0.137 e. The standard InChI is InChI=1S/C20H17F2N3/c21-14-4-1-3-13(11-14)15-8-10-23-12-18-16(15)6-7-17(20(18)22)19-5-2-9-24-25-19/h1-7,9,11,15,23H,8,10,12H2. The van der Waals surface area contributed by atoms with Crippen molar-refractivity contribution in [3.63, 3.8) is 0 Å². The van der Waals surface area contributed by atoms with Crippen molar-refractivity contribution < 1.29 is 8.78 Å². The fraction of sp³-hybridized carbons (Fsp3) is 0.200. The summed E-state index contributed by atoms with van der Waals surface area (Å²) in [6.07, 6.45) is 2.35. The molecule has 126 valence electrons. The van der Waals surface area contributed by atoms with Crippen molar-refractivity contribution in [2.24, 2.45) is 0 Å². The minimum atomic E-state index is -0.284. The topological polar surface area (TPSA) is 37.8 Å². The Bertz CT molecular complexity index is 897. The molecule has 0 fully saturated rings. The molecule has 4 rings (SSSR count). The maximum absolute atomic E-state index is 15.2. The van der Waals surface area contributed by atoms with Gasteiger partial charge in [0.15, 0.2) is 0 Å². The van der Waals surface area contributed by atoms with Crippen LogP contribution < -0.4 is 5.32 Å². The molecule has 1 unspecified atom stereocenters. The van der Waals surface area contributed by atoms with E-state index in [-0.39, 0.29) is 17.6 Å². The van der Waals surface area contributed by atoms with Gasteiger partial charge >= 0.3 is 0 Å². The van der Waals surface area contributed by atoms with E-state index in [4.69, 9.17) is 0 Å². The van der Waals surface area contributed by atoms with E-state index in [1.807, 2.05) is 12.1 Å². The van der Waals surface area contributed by atoms with E-state index in [1.165, 1.54) is 12.1 Å². The maximum atomic E-state index is 15.2. The van der Waals surface area contributed by atoms with E-state index >= 15 is 4.39 Å². The number of nitrogens with one attached hydrogen (secondary N) is 1. The molecule has 3 nitrogen and oxygen atoms in total. The third-order valence-electron chi connectivity index (χ3n) is 4.67. The van der Waals surface area contributed by atoms with E-state index in [0.717, 1.165) is 24.1 Å². The lowest BCUT2D eigenvalue weighted by molar-refractivity contribution is 0.595. The summed E-state index contributed by atoms with van der Waals surface area (Å²) in [6.45, 7) is 1.19. The van der Waals surface area contributed by atoms with Gasteiger partial charge in [-0.2, -0.15) is 10.2 Å². The van der Waals surface area contributed by atoms with Crippen LogP contribution in [0.1, 0.15) is 29.0 Å². The minimum absolute atomic E-state index is 0.0360. The number of benzene rings is 2. The average Bonchev–Trinajstić information content (AvgIpc) is 2.86. The van der Waals surface area contributed by atoms with E-state index in [0.29, 0.717) is 23.4 Å². The van der Waals surface area contributed by atoms with Crippen LogP contribution in [0.5, 0.6) is 0 Å². The highest BCUT2D eigenvalue weighted by Crippen LogP contribution is 2.36. The Hall–Kier alpha value is -2.66. The SMILES string of the molecule is Fc1cccc(C2CCNCc3c2ccc(-c2cccnn2)c3F)c1. The van der Waals surface area contributed by atoms with Gasteiger partial charge < -0.3 is 5.32 Å². The first kappa shape index (κ1) is 15.8. The summed E-state index contributed by atoms with van der Waals surface area (Å²) in [4.78, 5) is 0. The lowest BCUT2D eigenvalue weighted by Gasteiger charge is -2.19. The second kappa shape index (κ2) is 6.69. The van der Waals surface area contributed by atoms with Crippen LogP contribution in [-0.2, 0) is 6.54 Å². The number of fused-ring (bicyclic) bond motifs is 1. The van der Waals surface area contributed by atoms with Crippen LogP contribution in [0.2, 0.25) is 0 Å². The molecular formula is C20H17F2N3. The Morgan fingerprint density at radius 2 is 1.96 bits per heavy atom. The van der Waals surface area contributed by atoms with E-state index in [2.05, 4.69) is 15.5 Å². The van der Waals surface area contributed by atoms with Gasteiger partial charge in [0.05, 0.1) is 5.69 Å². The quantitative estimate of drug-likeness (QED) is 0.767. The van der Waals surface area contributed by atoms with Crippen LogP contribution in [0.4, 0.5) is 8.78 Å². The van der Waals surface area contributed by atoms with Crippen molar-refractivity contribution >= 4 is 0 Å². The summed E-state index contributed by atoms with van der Waals surface area (Å²) >= 11 is 0. The summed E-state index contributed by atoms with van der Waals surface area (Å²) in [5.41, 5.74) is 3.34. The Morgan fingerprint density at radius 3 is 2.76 bits per heavy atom. The Kier molecular flexibility index (Phi) is 4.24. The zero-order chi connectivity index (χ0) is 17.2. The van der Waals surface area contributed by atoms with Gasteiger partial charge in [-0.05, 0) is 54.4 Å². The molecule has 2 aromatic carbocycles. The summed E-state index contributed by atoms with van der Waals surface area (Å²) in [5.74, 6) is -0.590. The summed E-state index contributed by atoms with van der Waals surface area (Å²) in [6, 6.07) is 13.7. The summed E-state index contributed by atoms with van der Waals surface area (Å²) < 4.78 is 28.9. The largest absolute Gasteiger partial charge is 0.313 e. The first-order valence-corrected chi connectivity index (χ1v) is 8.29. The summed E-state index contributed by atoms with van der Waals surface area (Å²) in [7, 11) is 0. The van der Waals surface area contributed by atoms with Crippen LogP contribution in [0.25, 0.3) is 11.3 Å². The molecule has 1 aromatic heterocycles. The number of nitrogens with zero attached hydrogens (tertiary/aromatic N) is 2. The molecule has 2 heterocycles. The van der Waals surface area contributed by atoms with Gasteiger partial charge in [-0.1, -0.05) is 18.2 Å². The fourth-order valence-corrected chi connectivity index (χ4v) is 3.47. The zero-order valence-corrected chi connectivity index (χ0v) is 13.5. The van der Waals surface area contributed by atoms with Gasteiger partial charge in [0.1, 0.15) is 11.6 Å². The predicted octanol–water partition coefficient (Wildman–Crippen LogP) is 4.05. The van der Waals surface area contributed by atoms with Crippen LogP contribution >= 0.6 is 0 Å². The second-order valence-electron chi connectivity index (χ2n) is 6.18. The highest BCUT2D eigenvalue weighted by atomic mass is 19.1. The van der Waals surface area contributed by atoms with E-state index < -0.39 is 0 Å². The predicted molar refractivity (Wildman–Crippen MR) is 92.0 cm³/mol. The molecule has 0 spiro atoms. The first-order valence-electron chi connectivity index (χ1n) is 8.29. The van der Waals surface area contributed by atoms with Gasteiger partial charge in [-0.25, -0.2) is 8.78 Å². The molecular weight excluding hydrogens is 320 g/mol. The van der Waals surface area contributed by atoms with Crippen molar-refractivity contribution in [2.75, 3.05) is 6.54 Å². The first-order chi connectivity index (χ1) is 12.2. The molecule has 0 saturated heterocycles. The van der Waals surface area contributed by atoms with E-state index in [9.17, 15) is 4.39 Å². The van der Waals surface area contributed by atoms with Gasteiger partial charge in [0.2, 0.25) is 0 Å². The Labute approximate surface area is 144 Å². The molecule has 0 bridgehead atoms. The van der Waals surface area contributed by atoms with Crippen LogP contribution in [0, 0.1) is 11.6 Å². The number of halogens is 2. The molecule has 25 heavy (non-hydrogen) atoms. The molecule has 1 aliphatic heterocycles. The molecule has 1 aliphatic rings. The Morgan fingerprint density at radius 1 is 1.04 bits per heavy atom. The van der Waals surface area contributed by atoms with Gasteiger partial charge in [0.25, 0.3) is 0 Å². The number of rotatable bonds is 2. The lowest BCUT2D eigenvalue weighted by Crippen LogP contribution is -2.13. The van der Waals surface area contributed by atoms with Crippen molar-refractivity contribution in [3.8, 4) is 11.3 Å². The Balaban J connectivity index is 1.83. The number of hydrogen-bond acceptors (Lipinski definition) is 3. The molecule has 1 atom stereocenters. The minimum Gasteiger partial charge on any atom is -0.313 e. The van der Waals surface area contributed by atoms with Gasteiger partial charge in [0, 0.05) is 29.8 Å². The fourth-order valence-electron chi connectivity index (χ4n) is 3.47. The lowest BCUT2D eigenvalue weighted by atomic mass is 9.85. The third kappa shape index (κ3) is 3.03. The van der Waals surface area contributed by atoms with Crippen molar-refractivity contribution in [2.45, 2.75) is 18.9 Å². The third-order valence-corrected chi connectivity index (χ3v) is 4.67. The molecule has 0 amide bonds. The number of hydrogen-bond donors (Lipinski definition) is 1. The molecule has 5 heteroatoms.